The summed E-state index contributed by atoms with van der Waals surface area (Å²) < 4.78 is 17.5. The minimum absolute atomic E-state index is 0.00960. The van der Waals surface area contributed by atoms with Crippen molar-refractivity contribution in [1.82, 2.24) is 4.90 Å². The smallest absolute Gasteiger partial charge is 0.306 e. The van der Waals surface area contributed by atoms with E-state index in [-0.39, 0.29) is 35.5 Å². The Morgan fingerprint density at radius 2 is 1.22 bits per heavy atom. The Kier molecular flexibility index (Phi) is 24.9. The summed E-state index contributed by atoms with van der Waals surface area (Å²) in [6, 6.07) is 0. The van der Waals surface area contributed by atoms with Crippen molar-refractivity contribution < 1.29 is 28.6 Å². The number of ether oxygens (including phenoxy) is 3. The van der Waals surface area contributed by atoms with E-state index in [9.17, 15) is 14.4 Å². The van der Waals surface area contributed by atoms with Crippen molar-refractivity contribution in [3.8, 4) is 0 Å². The summed E-state index contributed by atoms with van der Waals surface area (Å²) in [6.45, 7) is 8.27. The molecule has 0 aromatic rings. The molecule has 7 nitrogen and oxygen atoms in total. The molecule has 0 amide bonds. The number of fused-ring (bicyclic) bond motifs is 2. The Labute approximate surface area is 314 Å². The Hall–Kier alpha value is -1.63. The van der Waals surface area contributed by atoms with E-state index in [1.54, 1.807) is 0 Å². The number of hydrogen-bond acceptors (Lipinski definition) is 7. The van der Waals surface area contributed by atoms with Crippen LogP contribution in [0.1, 0.15) is 207 Å². The van der Waals surface area contributed by atoms with Crippen molar-refractivity contribution in [2.45, 2.75) is 219 Å². The first-order valence-corrected chi connectivity index (χ1v) is 21.8. The van der Waals surface area contributed by atoms with Crippen LogP contribution >= 0.6 is 0 Å². The zero-order chi connectivity index (χ0) is 37.2. The lowest BCUT2D eigenvalue weighted by Crippen LogP contribution is -2.31. The van der Waals surface area contributed by atoms with Gasteiger partial charge in [0.05, 0.1) is 6.61 Å². The molecule has 0 radical (unpaired) electrons. The Morgan fingerprint density at radius 1 is 0.667 bits per heavy atom. The summed E-state index contributed by atoms with van der Waals surface area (Å²) >= 11 is 0. The molecule has 0 aromatic heterocycles. The predicted octanol–water partition coefficient (Wildman–Crippen LogP) is 11.5. The topological polar surface area (TPSA) is 82.1 Å². The van der Waals surface area contributed by atoms with Gasteiger partial charge in [0.25, 0.3) is 0 Å². The number of hydrogen-bond donors (Lipinski definition) is 0. The Bertz CT molecular complexity index is 913. The summed E-state index contributed by atoms with van der Waals surface area (Å²) in [5.74, 6) is 1.34. The first kappa shape index (κ1) is 45.5. The third-order valence-corrected chi connectivity index (χ3v) is 11.8. The minimum atomic E-state index is -0.0727. The van der Waals surface area contributed by atoms with E-state index in [2.05, 4.69) is 25.7 Å². The first-order chi connectivity index (χ1) is 24.6. The third-order valence-electron chi connectivity index (χ3n) is 11.8. The number of carbonyl (C=O) groups is 3. The van der Waals surface area contributed by atoms with Gasteiger partial charge in [-0.3, -0.25) is 14.4 Å². The van der Waals surface area contributed by atoms with E-state index in [0.717, 1.165) is 109 Å². The number of nitrogens with zero attached hydrogens (tertiary/aromatic N) is 1. The second-order valence-corrected chi connectivity index (χ2v) is 17.0. The van der Waals surface area contributed by atoms with Crippen molar-refractivity contribution in [1.29, 1.82) is 0 Å². The van der Waals surface area contributed by atoms with E-state index in [1.807, 2.05) is 14.1 Å². The zero-order valence-electron chi connectivity index (χ0n) is 34.1. The van der Waals surface area contributed by atoms with Gasteiger partial charge in [-0.05, 0) is 110 Å². The van der Waals surface area contributed by atoms with Crippen molar-refractivity contribution in [3.05, 3.63) is 0 Å². The number of esters is 3. The van der Waals surface area contributed by atoms with Gasteiger partial charge in [0.15, 0.2) is 0 Å². The van der Waals surface area contributed by atoms with Gasteiger partial charge in [-0.1, -0.05) is 111 Å². The highest BCUT2D eigenvalue weighted by Gasteiger charge is 2.50. The van der Waals surface area contributed by atoms with Gasteiger partial charge in [0, 0.05) is 24.7 Å². The fourth-order valence-corrected chi connectivity index (χ4v) is 8.49. The van der Waals surface area contributed by atoms with E-state index < -0.39 is 0 Å². The molecule has 2 aliphatic carbocycles. The normalized spacial score (nSPS) is 20.3. The van der Waals surface area contributed by atoms with Crippen molar-refractivity contribution in [2.24, 2.45) is 17.3 Å². The van der Waals surface area contributed by atoms with Gasteiger partial charge < -0.3 is 19.1 Å². The number of rotatable bonds is 33. The van der Waals surface area contributed by atoms with Crippen LogP contribution in [0.4, 0.5) is 0 Å². The Morgan fingerprint density at radius 3 is 1.76 bits per heavy atom. The summed E-state index contributed by atoms with van der Waals surface area (Å²) in [7, 11) is 4.06. The van der Waals surface area contributed by atoms with Crippen LogP contribution in [-0.4, -0.2) is 62.3 Å². The molecule has 0 N–H and O–H groups in total. The van der Waals surface area contributed by atoms with Crippen LogP contribution in [0.15, 0.2) is 0 Å². The van der Waals surface area contributed by atoms with E-state index in [0.29, 0.717) is 31.8 Å². The third kappa shape index (κ3) is 21.6. The molecule has 2 bridgehead atoms. The molecular formula is C44H81NO6. The number of carbonyl (C=O) groups excluding carboxylic acids is 3. The van der Waals surface area contributed by atoms with Crippen LogP contribution < -0.4 is 0 Å². The van der Waals surface area contributed by atoms with Gasteiger partial charge in [0.1, 0.15) is 12.2 Å². The molecule has 0 aromatic carbocycles. The minimum Gasteiger partial charge on any atom is -0.466 e. The van der Waals surface area contributed by atoms with Crippen molar-refractivity contribution in [2.75, 3.05) is 27.2 Å². The molecule has 0 heterocycles. The SMILES string of the molecule is CCCCCC(CCCCC)CCOC(=O)CCCCCCCC(CCCCCCCC(=O)OC1CC2CCC1(C)C2)OC(=O)CCCN(C)C. The highest BCUT2D eigenvalue weighted by molar-refractivity contribution is 5.70. The molecule has 0 aliphatic heterocycles. The second-order valence-electron chi connectivity index (χ2n) is 17.0. The van der Waals surface area contributed by atoms with Gasteiger partial charge in [-0.2, -0.15) is 0 Å². The van der Waals surface area contributed by atoms with Crippen LogP contribution in [0.3, 0.4) is 0 Å². The highest BCUT2D eigenvalue weighted by Crippen LogP contribution is 2.55. The first-order valence-electron chi connectivity index (χ1n) is 21.8. The summed E-state index contributed by atoms with van der Waals surface area (Å²) in [6.07, 6.45) is 30.7. The summed E-state index contributed by atoms with van der Waals surface area (Å²) in [5, 5.41) is 0. The molecule has 2 aliphatic rings. The lowest BCUT2D eigenvalue weighted by Gasteiger charge is -2.30. The molecule has 7 heteroatoms. The molecule has 298 valence electrons. The van der Waals surface area contributed by atoms with E-state index in [4.69, 9.17) is 14.2 Å². The molecule has 4 unspecified atom stereocenters. The van der Waals surface area contributed by atoms with Gasteiger partial charge in [-0.15, -0.1) is 0 Å². The number of unbranched alkanes of at least 4 members (excludes halogenated alkanes) is 12. The van der Waals surface area contributed by atoms with E-state index in [1.165, 1.54) is 70.6 Å². The maximum atomic E-state index is 12.6. The van der Waals surface area contributed by atoms with Crippen LogP contribution in [0.5, 0.6) is 0 Å². The molecule has 2 fully saturated rings. The largest absolute Gasteiger partial charge is 0.466 e. The lowest BCUT2D eigenvalue weighted by atomic mass is 9.84. The molecule has 0 saturated heterocycles. The van der Waals surface area contributed by atoms with Crippen molar-refractivity contribution >= 4 is 17.9 Å². The predicted molar refractivity (Wildman–Crippen MR) is 210 cm³/mol. The van der Waals surface area contributed by atoms with Gasteiger partial charge in [0.2, 0.25) is 0 Å². The quantitative estimate of drug-likeness (QED) is 0.0379. The van der Waals surface area contributed by atoms with Gasteiger partial charge in [-0.25, -0.2) is 0 Å². The fraction of sp³-hybridized carbons (Fsp3) is 0.932. The molecule has 2 saturated carbocycles. The van der Waals surface area contributed by atoms with Crippen LogP contribution in [0.2, 0.25) is 0 Å². The Balaban J connectivity index is 1.56. The highest BCUT2D eigenvalue weighted by atomic mass is 16.5. The average Bonchev–Trinajstić information content (AvgIpc) is 3.62. The van der Waals surface area contributed by atoms with Gasteiger partial charge >= 0.3 is 17.9 Å². The monoisotopic (exact) mass is 720 g/mol. The molecule has 51 heavy (non-hydrogen) atoms. The average molecular weight is 720 g/mol. The standard InChI is InChI=1S/C44H81NO6/c1-6-8-16-23-37(24-17-9-7-2)31-34-49-41(46)27-20-14-10-12-18-25-39(50-42(47)29-22-33-45(4)5)26-19-13-11-15-21-28-43(48)51-40-35-38-30-32-44(40,3)36-38/h37-40H,6-36H2,1-5H3. The fourth-order valence-electron chi connectivity index (χ4n) is 8.49. The second kappa shape index (κ2) is 27.9. The summed E-state index contributed by atoms with van der Waals surface area (Å²) in [4.78, 5) is 39.5. The maximum Gasteiger partial charge on any atom is 0.306 e. The van der Waals surface area contributed by atoms with E-state index >= 15 is 0 Å². The molecular weight excluding hydrogens is 638 g/mol. The summed E-state index contributed by atoms with van der Waals surface area (Å²) in [5.41, 5.74) is 0.229. The molecule has 2 rings (SSSR count). The zero-order valence-corrected chi connectivity index (χ0v) is 34.1. The van der Waals surface area contributed by atoms with Crippen LogP contribution in [0, 0.1) is 17.3 Å². The van der Waals surface area contributed by atoms with Crippen molar-refractivity contribution in [3.63, 3.8) is 0 Å². The molecule has 0 spiro atoms. The lowest BCUT2D eigenvalue weighted by molar-refractivity contribution is -0.155. The van der Waals surface area contributed by atoms with Crippen LogP contribution in [0.25, 0.3) is 0 Å². The maximum absolute atomic E-state index is 12.6. The van der Waals surface area contributed by atoms with Crippen LogP contribution in [-0.2, 0) is 28.6 Å². The molecule has 4 atom stereocenters.